The van der Waals surface area contributed by atoms with Crippen LogP contribution in [0.3, 0.4) is 0 Å². The van der Waals surface area contributed by atoms with Crippen molar-refractivity contribution < 1.29 is 14.7 Å². The van der Waals surface area contributed by atoms with E-state index in [-0.39, 0.29) is 17.6 Å². The van der Waals surface area contributed by atoms with E-state index in [9.17, 15) is 9.59 Å². The Morgan fingerprint density at radius 1 is 1.42 bits per heavy atom. The number of hydrogen-bond donors (Lipinski definition) is 3. The smallest absolute Gasteiger partial charge is 0.337 e. The Bertz CT molecular complexity index is 475. The monoisotopic (exact) mass is 281 g/mol. The van der Waals surface area contributed by atoms with E-state index in [2.05, 4.69) is 15.6 Å². The summed E-state index contributed by atoms with van der Waals surface area (Å²) in [4.78, 5) is 26.3. The van der Waals surface area contributed by atoms with E-state index < -0.39 is 5.97 Å². The summed E-state index contributed by atoms with van der Waals surface area (Å²) in [5.74, 6) is 0.992. The van der Waals surface area contributed by atoms with Gasteiger partial charge in [0.15, 0.2) is 0 Å². The van der Waals surface area contributed by atoms with Crippen LogP contribution in [0, 0.1) is 0 Å². The molecule has 0 aromatic carbocycles. The minimum Gasteiger partial charge on any atom is -0.478 e. The normalized spacial score (nSPS) is 18.6. The number of aromatic carboxylic acids is 1. The van der Waals surface area contributed by atoms with Crippen molar-refractivity contribution >= 4 is 29.4 Å². The number of rotatable bonds is 3. The minimum absolute atomic E-state index is 0.0472. The molecule has 1 aliphatic rings. The van der Waals surface area contributed by atoms with Crippen LogP contribution in [0.1, 0.15) is 23.2 Å². The fourth-order valence-corrected chi connectivity index (χ4v) is 2.90. The number of aromatic nitrogens is 1. The fraction of sp³-hybridized carbons (Fsp3) is 0.417. The van der Waals surface area contributed by atoms with Crippen LogP contribution >= 0.6 is 11.8 Å². The van der Waals surface area contributed by atoms with Gasteiger partial charge in [-0.15, -0.1) is 0 Å². The first-order chi connectivity index (χ1) is 9.15. The van der Waals surface area contributed by atoms with Gasteiger partial charge in [0.25, 0.3) is 0 Å². The van der Waals surface area contributed by atoms with Crippen LogP contribution in [0.25, 0.3) is 0 Å². The standard InChI is InChI=1S/C12H15N3O3S/c16-11(17)8-4-10(6-13-5-8)15-12(18)14-9-2-1-3-19-7-9/h4-6,9H,1-3,7H2,(H,16,17)(H2,14,15,18). The predicted octanol–water partition coefficient (Wildman–Crippen LogP) is 1.80. The number of carbonyl (C=O) groups excluding carboxylic acids is 1. The molecule has 0 radical (unpaired) electrons. The van der Waals surface area contributed by atoms with Gasteiger partial charge < -0.3 is 15.7 Å². The van der Waals surface area contributed by atoms with Crippen molar-refractivity contribution in [3.63, 3.8) is 0 Å². The third-order valence-corrected chi connectivity index (χ3v) is 3.95. The lowest BCUT2D eigenvalue weighted by atomic mass is 10.2. The van der Waals surface area contributed by atoms with Crippen LogP contribution in [0.5, 0.6) is 0 Å². The topological polar surface area (TPSA) is 91.3 Å². The summed E-state index contributed by atoms with van der Waals surface area (Å²) in [5, 5.41) is 14.3. The Kier molecular flexibility index (Phi) is 4.62. The van der Waals surface area contributed by atoms with Gasteiger partial charge in [0.05, 0.1) is 17.4 Å². The summed E-state index contributed by atoms with van der Waals surface area (Å²) in [6, 6.07) is 1.23. The first-order valence-corrected chi connectivity index (χ1v) is 7.14. The van der Waals surface area contributed by atoms with Gasteiger partial charge in [-0.2, -0.15) is 11.8 Å². The maximum atomic E-state index is 11.8. The molecule has 1 aromatic rings. The van der Waals surface area contributed by atoms with Gasteiger partial charge in [0, 0.05) is 18.0 Å². The lowest BCUT2D eigenvalue weighted by molar-refractivity contribution is 0.0696. The summed E-state index contributed by atoms with van der Waals surface area (Å²) in [6.45, 7) is 0. The van der Waals surface area contributed by atoms with E-state index >= 15 is 0 Å². The molecule has 1 fully saturated rings. The van der Waals surface area contributed by atoms with Crippen molar-refractivity contribution in [2.45, 2.75) is 18.9 Å². The van der Waals surface area contributed by atoms with Crippen molar-refractivity contribution in [1.29, 1.82) is 0 Å². The Hall–Kier alpha value is -1.76. The molecule has 1 aromatic heterocycles. The van der Waals surface area contributed by atoms with Crippen LogP contribution in [0.4, 0.5) is 10.5 Å². The molecule has 1 atom stereocenters. The largest absolute Gasteiger partial charge is 0.478 e. The van der Waals surface area contributed by atoms with Crippen LogP contribution in [0.15, 0.2) is 18.5 Å². The summed E-state index contributed by atoms with van der Waals surface area (Å²) >= 11 is 1.83. The van der Waals surface area contributed by atoms with Gasteiger partial charge in [-0.05, 0) is 24.7 Å². The van der Waals surface area contributed by atoms with Crippen molar-refractivity contribution in [3.8, 4) is 0 Å². The number of anilines is 1. The summed E-state index contributed by atoms with van der Waals surface area (Å²) in [5.41, 5.74) is 0.423. The highest BCUT2D eigenvalue weighted by atomic mass is 32.2. The second-order valence-corrected chi connectivity index (χ2v) is 5.43. The van der Waals surface area contributed by atoms with Crippen LogP contribution < -0.4 is 10.6 Å². The third-order valence-electron chi connectivity index (χ3n) is 2.74. The molecule has 3 N–H and O–H groups in total. The number of pyridine rings is 1. The van der Waals surface area contributed by atoms with Crippen molar-refractivity contribution in [3.05, 3.63) is 24.0 Å². The minimum atomic E-state index is -1.07. The van der Waals surface area contributed by atoms with Crippen molar-refractivity contribution in [2.24, 2.45) is 0 Å². The molecular weight excluding hydrogens is 266 g/mol. The molecule has 6 nitrogen and oxygen atoms in total. The van der Waals surface area contributed by atoms with E-state index in [1.165, 1.54) is 18.5 Å². The third kappa shape index (κ3) is 4.13. The zero-order chi connectivity index (χ0) is 13.7. The average Bonchev–Trinajstić information content (AvgIpc) is 2.40. The molecular formula is C12H15N3O3S. The summed E-state index contributed by atoms with van der Waals surface area (Å²) in [7, 11) is 0. The second-order valence-electron chi connectivity index (χ2n) is 4.28. The number of amides is 2. The molecule has 1 saturated heterocycles. The van der Waals surface area contributed by atoms with E-state index in [4.69, 9.17) is 5.11 Å². The highest BCUT2D eigenvalue weighted by Crippen LogP contribution is 2.17. The van der Waals surface area contributed by atoms with Gasteiger partial charge in [-0.3, -0.25) is 4.98 Å². The molecule has 0 spiro atoms. The highest BCUT2D eigenvalue weighted by Gasteiger charge is 2.16. The Labute approximate surface area is 115 Å². The molecule has 0 aliphatic carbocycles. The Morgan fingerprint density at radius 3 is 2.95 bits per heavy atom. The molecule has 19 heavy (non-hydrogen) atoms. The predicted molar refractivity (Wildman–Crippen MR) is 73.7 cm³/mol. The molecule has 102 valence electrons. The SMILES string of the molecule is O=C(Nc1cncc(C(=O)O)c1)NC1CCCSC1. The number of carboxylic acids is 1. The molecule has 7 heteroatoms. The number of carboxylic acid groups (broad SMARTS) is 1. The lowest BCUT2D eigenvalue weighted by Gasteiger charge is -2.22. The first-order valence-electron chi connectivity index (χ1n) is 5.99. The number of urea groups is 1. The van der Waals surface area contributed by atoms with Crippen LogP contribution in [0.2, 0.25) is 0 Å². The van der Waals surface area contributed by atoms with E-state index in [1.54, 1.807) is 0 Å². The maximum Gasteiger partial charge on any atom is 0.337 e. The lowest BCUT2D eigenvalue weighted by Crippen LogP contribution is -2.40. The molecule has 1 unspecified atom stereocenters. The van der Waals surface area contributed by atoms with Gasteiger partial charge in [0.2, 0.25) is 0 Å². The van der Waals surface area contributed by atoms with Gasteiger partial charge in [-0.1, -0.05) is 0 Å². The number of nitrogens with one attached hydrogen (secondary N) is 2. The number of hydrogen-bond acceptors (Lipinski definition) is 4. The number of thioether (sulfide) groups is 1. The highest BCUT2D eigenvalue weighted by molar-refractivity contribution is 7.99. The Balaban J connectivity index is 1.90. The second kappa shape index (κ2) is 6.42. The summed E-state index contributed by atoms with van der Waals surface area (Å²) in [6.07, 6.45) is 4.74. The van der Waals surface area contributed by atoms with Crippen LogP contribution in [-0.2, 0) is 0 Å². The van der Waals surface area contributed by atoms with E-state index in [0.717, 1.165) is 24.3 Å². The molecule has 1 aliphatic heterocycles. The first kappa shape index (κ1) is 13.7. The zero-order valence-corrected chi connectivity index (χ0v) is 11.1. The molecule has 2 amide bonds. The van der Waals surface area contributed by atoms with Gasteiger partial charge in [0.1, 0.15) is 0 Å². The average molecular weight is 281 g/mol. The van der Waals surface area contributed by atoms with Crippen LogP contribution in [-0.4, -0.2) is 39.6 Å². The molecule has 0 saturated carbocycles. The fourth-order valence-electron chi connectivity index (χ4n) is 1.83. The van der Waals surface area contributed by atoms with E-state index in [0.29, 0.717) is 5.69 Å². The van der Waals surface area contributed by atoms with Gasteiger partial charge >= 0.3 is 12.0 Å². The molecule has 2 rings (SSSR count). The van der Waals surface area contributed by atoms with Crippen molar-refractivity contribution in [1.82, 2.24) is 10.3 Å². The van der Waals surface area contributed by atoms with Gasteiger partial charge in [-0.25, -0.2) is 9.59 Å². The number of carbonyl (C=O) groups is 2. The number of nitrogens with zero attached hydrogens (tertiary/aromatic N) is 1. The zero-order valence-electron chi connectivity index (χ0n) is 10.3. The van der Waals surface area contributed by atoms with Crippen molar-refractivity contribution in [2.75, 3.05) is 16.8 Å². The quantitative estimate of drug-likeness (QED) is 0.785. The summed E-state index contributed by atoms with van der Waals surface area (Å²) < 4.78 is 0. The maximum absolute atomic E-state index is 11.8. The molecule has 2 heterocycles. The molecule has 0 bridgehead atoms. The Morgan fingerprint density at radius 2 is 2.26 bits per heavy atom. The van der Waals surface area contributed by atoms with E-state index in [1.807, 2.05) is 11.8 Å².